The van der Waals surface area contributed by atoms with E-state index in [0.29, 0.717) is 6.42 Å². The Morgan fingerprint density at radius 3 is 2.38 bits per heavy atom. The Hall–Kier alpha value is -1.06. The molecule has 0 aliphatic heterocycles. The first-order valence-corrected chi connectivity index (χ1v) is 4.48. The Morgan fingerprint density at radius 1 is 1.38 bits per heavy atom. The average Bonchev–Trinajstić information content (AvgIpc) is 2.10. The number of methoxy groups -OCH3 is 1. The first-order valence-electron chi connectivity index (χ1n) is 4.48. The van der Waals surface area contributed by atoms with E-state index in [9.17, 15) is 9.59 Å². The van der Waals surface area contributed by atoms with E-state index in [0.717, 1.165) is 12.8 Å². The molecule has 0 spiro atoms. The fourth-order valence-electron chi connectivity index (χ4n) is 1.21. The van der Waals surface area contributed by atoms with Gasteiger partial charge in [-0.15, -0.1) is 0 Å². The van der Waals surface area contributed by atoms with Gasteiger partial charge in [-0.1, -0.05) is 13.3 Å². The second-order valence-electron chi connectivity index (χ2n) is 3.01. The van der Waals surface area contributed by atoms with Gasteiger partial charge in [-0.05, 0) is 12.8 Å². The molecular weight excluding hydrogens is 170 g/mol. The average molecular weight is 187 g/mol. The van der Waals surface area contributed by atoms with Crippen molar-refractivity contribution in [3.8, 4) is 0 Å². The Kier molecular flexibility index (Phi) is 5.93. The van der Waals surface area contributed by atoms with E-state index in [2.05, 4.69) is 4.74 Å². The Labute approximate surface area is 78.4 Å². The maximum Gasteiger partial charge on any atom is 0.308 e. The molecule has 0 bridgehead atoms. The van der Waals surface area contributed by atoms with Crippen LogP contribution in [0.15, 0.2) is 0 Å². The highest BCUT2D eigenvalue weighted by atomic mass is 16.5. The van der Waals surface area contributed by atoms with Crippen LogP contribution in [0, 0.1) is 5.92 Å². The molecule has 0 saturated heterocycles. The van der Waals surface area contributed by atoms with Crippen molar-refractivity contribution in [2.75, 3.05) is 7.11 Å². The third-order valence-electron chi connectivity index (χ3n) is 1.91. The van der Waals surface area contributed by atoms with E-state index in [1.807, 2.05) is 6.92 Å². The second kappa shape index (κ2) is 6.46. The summed E-state index contributed by atoms with van der Waals surface area (Å²) in [5, 5.41) is 0. The van der Waals surface area contributed by atoms with Crippen LogP contribution >= 0.6 is 0 Å². The van der Waals surface area contributed by atoms with Gasteiger partial charge >= 0.3 is 5.97 Å². The van der Waals surface area contributed by atoms with E-state index >= 15 is 0 Å². The van der Waals surface area contributed by atoms with E-state index < -0.39 is 0 Å². The summed E-state index contributed by atoms with van der Waals surface area (Å²) < 4.78 is 4.61. The van der Waals surface area contributed by atoms with Crippen molar-refractivity contribution >= 4 is 11.9 Å². The van der Waals surface area contributed by atoms with Crippen molar-refractivity contribution < 1.29 is 14.3 Å². The van der Waals surface area contributed by atoms with Gasteiger partial charge in [0.05, 0.1) is 13.0 Å². The predicted octanol–water partition coefficient (Wildman–Crippen LogP) is 0.841. The van der Waals surface area contributed by atoms with Gasteiger partial charge in [0.2, 0.25) is 5.91 Å². The minimum atomic E-state index is -0.370. The summed E-state index contributed by atoms with van der Waals surface area (Å²) in [6, 6.07) is 0. The number of ether oxygens (including phenoxy) is 1. The SMILES string of the molecule is CCCC(CCC(N)=O)C(=O)OC. The lowest BCUT2D eigenvalue weighted by atomic mass is 9.98. The monoisotopic (exact) mass is 187 g/mol. The van der Waals surface area contributed by atoms with Crippen LogP contribution in [0.25, 0.3) is 0 Å². The molecule has 2 N–H and O–H groups in total. The van der Waals surface area contributed by atoms with Gasteiger partial charge in [0.15, 0.2) is 0 Å². The molecule has 0 saturated carbocycles. The zero-order valence-electron chi connectivity index (χ0n) is 8.21. The summed E-state index contributed by atoms with van der Waals surface area (Å²) in [6.45, 7) is 1.99. The molecule has 4 heteroatoms. The van der Waals surface area contributed by atoms with Gasteiger partial charge in [-0.3, -0.25) is 9.59 Å². The Bertz CT molecular complexity index is 180. The van der Waals surface area contributed by atoms with Crippen LogP contribution in [0.4, 0.5) is 0 Å². The second-order valence-corrected chi connectivity index (χ2v) is 3.01. The fraction of sp³-hybridized carbons (Fsp3) is 0.778. The third-order valence-corrected chi connectivity index (χ3v) is 1.91. The highest BCUT2D eigenvalue weighted by Gasteiger charge is 2.18. The van der Waals surface area contributed by atoms with Crippen molar-refractivity contribution in [2.45, 2.75) is 32.6 Å². The molecule has 0 aromatic rings. The topological polar surface area (TPSA) is 69.4 Å². The molecular formula is C9H17NO3. The highest BCUT2D eigenvalue weighted by molar-refractivity contribution is 5.76. The lowest BCUT2D eigenvalue weighted by Gasteiger charge is -2.11. The van der Waals surface area contributed by atoms with Gasteiger partial charge in [-0.25, -0.2) is 0 Å². The summed E-state index contributed by atoms with van der Waals surface area (Å²) in [7, 11) is 1.36. The van der Waals surface area contributed by atoms with Crippen LogP contribution in [-0.4, -0.2) is 19.0 Å². The lowest BCUT2D eigenvalue weighted by Crippen LogP contribution is -2.19. The number of hydrogen-bond acceptors (Lipinski definition) is 3. The lowest BCUT2D eigenvalue weighted by molar-refractivity contribution is -0.146. The molecule has 0 heterocycles. The molecule has 0 fully saturated rings. The van der Waals surface area contributed by atoms with Crippen LogP contribution < -0.4 is 5.73 Å². The largest absolute Gasteiger partial charge is 0.469 e. The summed E-state index contributed by atoms with van der Waals surface area (Å²) >= 11 is 0. The summed E-state index contributed by atoms with van der Waals surface area (Å²) in [4.78, 5) is 21.6. The summed E-state index contributed by atoms with van der Waals surface area (Å²) in [5.41, 5.74) is 4.99. The van der Waals surface area contributed by atoms with Gasteiger partial charge < -0.3 is 10.5 Å². The molecule has 13 heavy (non-hydrogen) atoms. The Morgan fingerprint density at radius 2 is 2.00 bits per heavy atom. The van der Waals surface area contributed by atoms with Crippen LogP contribution in [0.5, 0.6) is 0 Å². The van der Waals surface area contributed by atoms with Gasteiger partial charge in [0, 0.05) is 6.42 Å². The van der Waals surface area contributed by atoms with Gasteiger partial charge in [0.25, 0.3) is 0 Å². The standard InChI is InChI=1S/C9H17NO3/c1-3-4-7(9(12)13-2)5-6-8(10)11/h7H,3-6H2,1-2H3,(H2,10,11). The normalized spacial score (nSPS) is 12.2. The number of carbonyl (C=O) groups is 2. The smallest absolute Gasteiger partial charge is 0.308 e. The van der Waals surface area contributed by atoms with Crippen LogP contribution in [0.1, 0.15) is 32.6 Å². The van der Waals surface area contributed by atoms with E-state index in [4.69, 9.17) is 5.73 Å². The third kappa shape index (κ3) is 5.22. The fourth-order valence-corrected chi connectivity index (χ4v) is 1.21. The summed E-state index contributed by atoms with van der Waals surface area (Å²) in [5.74, 6) is -0.796. The zero-order valence-corrected chi connectivity index (χ0v) is 8.21. The van der Waals surface area contributed by atoms with Crippen molar-refractivity contribution in [3.05, 3.63) is 0 Å². The highest BCUT2D eigenvalue weighted by Crippen LogP contribution is 2.14. The number of primary amides is 1. The number of hydrogen-bond donors (Lipinski definition) is 1. The molecule has 1 amide bonds. The number of amides is 1. The van der Waals surface area contributed by atoms with Gasteiger partial charge in [-0.2, -0.15) is 0 Å². The maximum atomic E-state index is 11.1. The number of nitrogens with two attached hydrogens (primary N) is 1. The van der Waals surface area contributed by atoms with E-state index in [1.165, 1.54) is 7.11 Å². The predicted molar refractivity (Wildman–Crippen MR) is 48.8 cm³/mol. The molecule has 0 aliphatic rings. The number of carbonyl (C=O) groups excluding carboxylic acids is 2. The summed E-state index contributed by atoms with van der Waals surface area (Å²) in [6.07, 6.45) is 2.40. The number of esters is 1. The molecule has 4 nitrogen and oxygen atoms in total. The number of rotatable bonds is 6. The van der Waals surface area contributed by atoms with Crippen molar-refractivity contribution in [3.63, 3.8) is 0 Å². The minimum absolute atomic E-state index is 0.178. The maximum absolute atomic E-state index is 11.1. The van der Waals surface area contributed by atoms with Crippen LogP contribution in [0.3, 0.4) is 0 Å². The molecule has 0 aromatic heterocycles. The molecule has 76 valence electrons. The first kappa shape index (κ1) is 11.9. The van der Waals surface area contributed by atoms with Gasteiger partial charge in [0.1, 0.15) is 0 Å². The molecule has 0 aliphatic carbocycles. The Balaban J connectivity index is 3.93. The molecule has 1 unspecified atom stereocenters. The molecule has 1 atom stereocenters. The first-order chi connectivity index (χ1) is 6.11. The zero-order chi connectivity index (χ0) is 10.3. The molecule has 0 radical (unpaired) electrons. The molecule has 0 rings (SSSR count). The van der Waals surface area contributed by atoms with Crippen LogP contribution in [-0.2, 0) is 14.3 Å². The van der Waals surface area contributed by atoms with Crippen molar-refractivity contribution in [2.24, 2.45) is 11.7 Å². The van der Waals surface area contributed by atoms with Crippen molar-refractivity contribution in [1.29, 1.82) is 0 Å². The molecule has 0 aromatic carbocycles. The van der Waals surface area contributed by atoms with Crippen molar-refractivity contribution in [1.82, 2.24) is 0 Å². The minimum Gasteiger partial charge on any atom is -0.469 e. The van der Waals surface area contributed by atoms with E-state index in [-0.39, 0.29) is 24.2 Å². The van der Waals surface area contributed by atoms with Crippen LogP contribution in [0.2, 0.25) is 0 Å². The quantitative estimate of drug-likeness (QED) is 0.626. The van der Waals surface area contributed by atoms with E-state index in [1.54, 1.807) is 0 Å².